The van der Waals surface area contributed by atoms with E-state index in [0.29, 0.717) is 38.5 Å². The van der Waals surface area contributed by atoms with Crippen LogP contribution in [0.4, 0.5) is 0 Å². The summed E-state index contributed by atoms with van der Waals surface area (Å²) in [5, 5.41) is 137. The molecule has 5 saturated heterocycles. The zero-order valence-corrected chi connectivity index (χ0v) is 41.4. The second kappa shape index (κ2) is 21.6. The number of aliphatic hydroxyl groups is 13. The van der Waals surface area contributed by atoms with Crippen molar-refractivity contribution in [1.82, 2.24) is 0 Å². The molecule has 0 aromatic carbocycles. The molecule has 72 heavy (non-hydrogen) atoms. The minimum Gasteiger partial charge on any atom is -0.394 e. The van der Waals surface area contributed by atoms with E-state index in [1.165, 1.54) is 0 Å². The van der Waals surface area contributed by atoms with Gasteiger partial charge >= 0.3 is 0 Å². The Bertz CT molecular complexity index is 1850. The van der Waals surface area contributed by atoms with Crippen molar-refractivity contribution in [2.45, 2.75) is 214 Å². The van der Waals surface area contributed by atoms with Gasteiger partial charge in [0, 0.05) is 24.7 Å². The van der Waals surface area contributed by atoms with E-state index in [1.54, 1.807) is 0 Å². The van der Waals surface area contributed by atoms with Gasteiger partial charge in [0.05, 0.1) is 45.2 Å². The molecule has 23 heteroatoms. The summed E-state index contributed by atoms with van der Waals surface area (Å²) in [6.07, 6.45) is -22.5. The quantitative estimate of drug-likeness (QED) is 0.0751. The molecule has 9 aliphatic rings. The number of ketones is 1. The van der Waals surface area contributed by atoms with Crippen LogP contribution in [0.15, 0.2) is 0 Å². The van der Waals surface area contributed by atoms with E-state index in [-0.39, 0.29) is 77.4 Å². The van der Waals surface area contributed by atoms with Crippen molar-refractivity contribution in [2.75, 3.05) is 33.0 Å². The normalized spacial score (nSPS) is 55.2. The third kappa shape index (κ3) is 10.0. The highest BCUT2D eigenvalue weighted by Gasteiger charge is 2.69. The predicted octanol–water partition coefficient (Wildman–Crippen LogP) is -3.50. The molecule has 4 aliphatic carbocycles. The van der Waals surface area contributed by atoms with Crippen molar-refractivity contribution in [3.05, 3.63) is 0 Å². The smallest absolute Gasteiger partial charge is 0.186 e. The molecule has 13 N–H and O–H groups in total. The Labute approximate surface area is 418 Å². The maximum atomic E-state index is 14.5. The van der Waals surface area contributed by atoms with Gasteiger partial charge in [-0.25, -0.2) is 0 Å². The first kappa shape index (κ1) is 55.5. The van der Waals surface area contributed by atoms with Gasteiger partial charge in [-0.3, -0.25) is 4.79 Å². The lowest BCUT2D eigenvalue weighted by molar-refractivity contribution is -0.361. The van der Waals surface area contributed by atoms with Gasteiger partial charge in [0.25, 0.3) is 0 Å². The lowest BCUT2D eigenvalue weighted by atomic mass is 9.44. The second-order valence-electron chi connectivity index (χ2n) is 23.4. The lowest BCUT2D eigenvalue weighted by Gasteiger charge is -2.60. The summed E-state index contributed by atoms with van der Waals surface area (Å²) in [7, 11) is 0. The number of carbonyl (C=O) groups excluding carboxylic acids is 1. The van der Waals surface area contributed by atoms with Crippen LogP contribution in [-0.2, 0) is 47.4 Å². The average molecular weight is 1040 g/mol. The predicted molar refractivity (Wildman–Crippen MR) is 240 cm³/mol. The van der Waals surface area contributed by atoms with E-state index in [1.807, 2.05) is 6.92 Å². The number of aliphatic hydroxyl groups excluding tert-OH is 12. The first-order valence-electron chi connectivity index (χ1n) is 26.1. The summed E-state index contributed by atoms with van der Waals surface area (Å²) in [6.45, 7) is 6.81. The zero-order valence-electron chi connectivity index (χ0n) is 41.4. The van der Waals surface area contributed by atoms with Crippen molar-refractivity contribution in [1.29, 1.82) is 0 Å². The Kier molecular flexibility index (Phi) is 16.6. The van der Waals surface area contributed by atoms with Crippen molar-refractivity contribution >= 4 is 5.78 Å². The van der Waals surface area contributed by atoms with Crippen molar-refractivity contribution in [3.8, 4) is 0 Å². The number of fused-ring (bicyclic) bond motifs is 7. The molecule has 0 radical (unpaired) electrons. The number of Topliss-reactive ketones (excluding diaryl/α,β-unsaturated/α-hetero) is 1. The molecule has 0 bridgehead atoms. The third-order valence-corrected chi connectivity index (χ3v) is 19.1. The summed E-state index contributed by atoms with van der Waals surface area (Å²) in [5.41, 5.74) is -0.530. The molecule has 0 amide bonds. The van der Waals surface area contributed by atoms with Crippen LogP contribution in [0.1, 0.15) is 85.5 Å². The van der Waals surface area contributed by atoms with Gasteiger partial charge in [0.2, 0.25) is 0 Å². The van der Waals surface area contributed by atoms with Crippen LogP contribution in [0.25, 0.3) is 0 Å². The average Bonchev–Trinajstić information content (AvgIpc) is 3.79. The Morgan fingerprint density at radius 2 is 1.31 bits per heavy atom. The number of hydrogen-bond donors (Lipinski definition) is 13. The minimum atomic E-state index is -1.76. The van der Waals surface area contributed by atoms with E-state index in [0.717, 1.165) is 19.3 Å². The van der Waals surface area contributed by atoms with E-state index >= 15 is 0 Å². The van der Waals surface area contributed by atoms with Crippen LogP contribution in [0, 0.1) is 52.3 Å². The summed E-state index contributed by atoms with van der Waals surface area (Å²) in [4.78, 5) is 14.5. The standard InChI is InChI=1S/C49H80O23/c1-19(15-64-44-40(61)36(57)35(56)30(14-50)69-44)5-10-49(63)20(2)32-29(72-49)13-24-22-12-26(51)25-11-21(6-8-47(25,3)23(22)7-9-48(24,32)4)68-46-41(62)37(58)42(71-45-39(60)34(55)28(53)17-66-45)31(70-46)18-67-43-38(59)33(54)27(52)16-65-43/h19-25,27-46,50,52-63H,5-18H2,1-4H3/t19-,20-,21-,22+,23-,24-,25+,27-,28+,29-,30+,31+,32-,33-,34-,35+,36-,37+,38+,39+,40+,41+,42+,43-,44+,45-,46+,47+,48-,49+/m0/s1. The van der Waals surface area contributed by atoms with E-state index in [4.69, 9.17) is 42.6 Å². The van der Waals surface area contributed by atoms with Crippen LogP contribution in [0.3, 0.4) is 0 Å². The fraction of sp³-hybridized carbons (Fsp3) is 0.980. The van der Waals surface area contributed by atoms with E-state index in [9.17, 15) is 71.2 Å². The maximum Gasteiger partial charge on any atom is 0.186 e. The van der Waals surface area contributed by atoms with Gasteiger partial charge in [-0.05, 0) is 85.4 Å². The molecule has 30 atom stereocenters. The topological polar surface area (TPSA) is 363 Å². The molecule has 5 heterocycles. The molecule has 9 rings (SSSR count). The van der Waals surface area contributed by atoms with Crippen LogP contribution < -0.4 is 0 Å². The molecule has 0 aromatic rings. The zero-order chi connectivity index (χ0) is 51.9. The Balaban J connectivity index is 0.813. The summed E-state index contributed by atoms with van der Waals surface area (Å²) >= 11 is 0. The molecule has 0 aromatic heterocycles. The highest BCUT2D eigenvalue weighted by Crippen LogP contribution is 2.70. The summed E-state index contributed by atoms with van der Waals surface area (Å²) < 4.78 is 53.0. The first-order chi connectivity index (χ1) is 34.0. The number of carbonyl (C=O) groups is 1. The van der Waals surface area contributed by atoms with Crippen molar-refractivity contribution in [3.63, 3.8) is 0 Å². The van der Waals surface area contributed by atoms with Gasteiger partial charge in [-0.1, -0.05) is 27.7 Å². The number of hydrogen-bond acceptors (Lipinski definition) is 23. The maximum absolute atomic E-state index is 14.5. The molecule has 414 valence electrons. The van der Waals surface area contributed by atoms with Gasteiger partial charge in [-0.15, -0.1) is 0 Å². The number of ether oxygens (including phenoxy) is 9. The molecule has 4 saturated carbocycles. The fourth-order valence-corrected chi connectivity index (χ4v) is 14.8. The summed E-state index contributed by atoms with van der Waals surface area (Å²) in [6, 6.07) is 0. The van der Waals surface area contributed by atoms with Gasteiger partial charge in [0.1, 0.15) is 91.2 Å². The molecular formula is C49H80O23. The monoisotopic (exact) mass is 1040 g/mol. The second-order valence-corrected chi connectivity index (χ2v) is 23.4. The van der Waals surface area contributed by atoms with E-state index < -0.39 is 142 Å². The van der Waals surface area contributed by atoms with Gasteiger partial charge < -0.3 is 109 Å². The van der Waals surface area contributed by atoms with Gasteiger partial charge in [-0.2, -0.15) is 0 Å². The molecule has 0 unspecified atom stereocenters. The minimum absolute atomic E-state index is 0.0647. The van der Waals surface area contributed by atoms with Gasteiger partial charge in [0.15, 0.2) is 30.9 Å². The summed E-state index contributed by atoms with van der Waals surface area (Å²) in [5.74, 6) is -1.28. The van der Waals surface area contributed by atoms with Crippen LogP contribution >= 0.6 is 0 Å². The Morgan fingerprint density at radius 3 is 2.00 bits per heavy atom. The lowest BCUT2D eigenvalue weighted by Crippen LogP contribution is -2.64. The number of rotatable bonds is 14. The highest BCUT2D eigenvalue weighted by molar-refractivity contribution is 5.83. The third-order valence-electron chi connectivity index (χ3n) is 19.1. The molecule has 23 nitrogen and oxygen atoms in total. The van der Waals surface area contributed by atoms with Crippen LogP contribution in [-0.4, -0.2) is 234 Å². The SMILES string of the molecule is C[C@@H](CC[C@@]1(O)O[C@H]2C[C@H]3[C@@H]4CC(=O)[C@H]5C[C@@H](O[C@@H]6O[C@H](CO[C@@H]7OC[C@H](O)[C@H](O)[C@H]7O)[C@@H](O[C@@H]7OC[C@@H](O)[C@H](O)[C@H]7O)[C@H](O)[C@H]6O)CC[C@]5(C)[C@H]4CC[C@]3(C)[C@H]2[C@@H]1C)CO[C@@H]1O[C@H](CO)[C@@H](O)[C@H](O)[C@H]1O. The Hall–Kier alpha value is -1.21. The molecule has 9 fully saturated rings. The molecule has 5 aliphatic heterocycles. The fourth-order valence-electron chi connectivity index (χ4n) is 14.8. The first-order valence-corrected chi connectivity index (χ1v) is 26.1. The molecule has 0 spiro atoms. The molecular weight excluding hydrogens is 957 g/mol. The Morgan fingerprint density at radius 1 is 0.681 bits per heavy atom. The van der Waals surface area contributed by atoms with E-state index in [2.05, 4.69) is 20.8 Å². The van der Waals surface area contributed by atoms with Crippen molar-refractivity contribution < 1.29 is 114 Å². The largest absolute Gasteiger partial charge is 0.394 e. The highest BCUT2D eigenvalue weighted by atomic mass is 16.8. The van der Waals surface area contributed by atoms with Crippen molar-refractivity contribution in [2.24, 2.45) is 52.3 Å². The van der Waals surface area contributed by atoms with Crippen LogP contribution in [0.2, 0.25) is 0 Å². The van der Waals surface area contributed by atoms with Crippen LogP contribution in [0.5, 0.6) is 0 Å².